The molecule has 1 saturated carbocycles. The monoisotopic (exact) mass is 356 g/mol. The van der Waals surface area contributed by atoms with E-state index in [0.717, 1.165) is 0 Å². The molecule has 2 aliphatic rings. The van der Waals surface area contributed by atoms with E-state index in [1.807, 2.05) is 45.0 Å². The van der Waals surface area contributed by atoms with Crippen LogP contribution in [-0.4, -0.2) is 29.2 Å². The molecule has 5 heteroatoms. The van der Waals surface area contributed by atoms with Crippen LogP contribution in [0.2, 0.25) is 0 Å². The van der Waals surface area contributed by atoms with Gasteiger partial charge in [-0.15, -0.1) is 0 Å². The molecule has 1 aromatic rings. The van der Waals surface area contributed by atoms with Crippen molar-refractivity contribution in [1.82, 2.24) is 4.90 Å². The van der Waals surface area contributed by atoms with Crippen molar-refractivity contribution < 1.29 is 14.4 Å². The van der Waals surface area contributed by atoms with Gasteiger partial charge in [-0.2, -0.15) is 0 Å². The van der Waals surface area contributed by atoms with Crippen molar-refractivity contribution in [2.75, 3.05) is 11.9 Å². The van der Waals surface area contributed by atoms with Crippen LogP contribution in [0.1, 0.15) is 58.9 Å². The maximum Gasteiger partial charge on any atom is 0.244 e. The molecular weight excluding hydrogens is 328 g/mol. The number of hydrogen-bond acceptors (Lipinski definition) is 3. The maximum atomic E-state index is 13.0. The predicted octanol–water partition coefficient (Wildman–Crippen LogP) is 3.56. The zero-order valence-electron chi connectivity index (χ0n) is 16.3. The first-order chi connectivity index (χ1) is 12.1. The number of carbonyl (C=O) groups excluding carboxylic acids is 3. The smallest absolute Gasteiger partial charge is 0.244 e. The number of anilines is 1. The van der Waals surface area contributed by atoms with Crippen LogP contribution in [0, 0.1) is 16.7 Å². The number of amides is 3. The summed E-state index contributed by atoms with van der Waals surface area (Å²) in [6.45, 7) is 9.92. The highest BCUT2D eigenvalue weighted by Crippen LogP contribution is 2.59. The molecule has 140 valence electrons. The molecule has 0 spiro atoms. The summed E-state index contributed by atoms with van der Waals surface area (Å²) >= 11 is 0. The molecule has 1 heterocycles. The van der Waals surface area contributed by atoms with Crippen molar-refractivity contribution in [1.29, 1.82) is 0 Å². The number of hydrogen-bond donors (Lipinski definition) is 1. The fraction of sp³-hybridized carbons (Fsp3) is 0.571. The molecule has 2 unspecified atom stereocenters. The summed E-state index contributed by atoms with van der Waals surface area (Å²) in [6.07, 6.45) is 1.41. The Morgan fingerprint density at radius 1 is 1.19 bits per heavy atom. The highest BCUT2D eigenvalue weighted by molar-refractivity contribution is 6.07. The molecule has 0 radical (unpaired) electrons. The molecule has 2 bridgehead atoms. The van der Waals surface area contributed by atoms with E-state index in [-0.39, 0.29) is 35.6 Å². The molecule has 2 atom stereocenters. The number of nitrogens with one attached hydrogen (secondary N) is 1. The molecule has 3 rings (SSSR count). The lowest BCUT2D eigenvalue weighted by Crippen LogP contribution is -2.60. The Morgan fingerprint density at radius 2 is 1.81 bits per heavy atom. The van der Waals surface area contributed by atoms with Gasteiger partial charge in [-0.25, -0.2) is 0 Å². The summed E-state index contributed by atoms with van der Waals surface area (Å²) in [5, 5.41) is 2.79. The summed E-state index contributed by atoms with van der Waals surface area (Å²) < 4.78 is 0. The van der Waals surface area contributed by atoms with Crippen LogP contribution in [0.15, 0.2) is 24.3 Å². The minimum absolute atomic E-state index is 0.191. The average Bonchev–Trinajstić information content (AvgIpc) is 2.76. The number of fused-ring (bicyclic) bond motifs is 2. The van der Waals surface area contributed by atoms with Gasteiger partial charge in [-0.3, -0.25) is 19.3 Å². The number of nitrogens with zero attached hydrogens (tertiary/aromatic N) is 1. The van der Waals surface area contributed by atoms with E-state index < -0.39 is 5.41 Å². The summed E-state index contributed by atoms with van der Waals surface area (Å²) in [6, 6.07) is 7.64. The van der Waals surface area contributed by atoms with Gasteiger partial charge >= 0.3 is 0 Å². The van der Waals surface area contributed by atoms with Crippen molar-refractivity contribution in [3.05, 3.63) is 29.8 Å². The fourth-order valence-electron chi connectivity index (χ4n) is 4.35. The molecule has 1 saturated heterocycles. The first-order valence-corrected chi connectivity index (χ1v) is 9.33. The minimum Gasteiger partial charge on any atom is -0.325 e. The number of imide groups is 1. The molecule has 1 aromatic carbocycles. The topological polar surface area (TPSA) is 66.5 Å². The number of rotatable bonds is 4. The lowest BCUT2D eigenvalue weighted by molar-refractivity contribution is -0.168. The Balaban J connectivity index is 1.72. The Kier molecular flexibility index (Phi) is 4.45. The Hall–Kier alpha value is -2.17. The Bertz CT molecular complexity index is 751. The van der Waals surface area contributed by atoms with E-state index in [4.69, 9.17) is 0 Å². The van der Waals surface area contributed by atoms with Crippen LogP contribution < -0.4 is 5.32 Å². The van der Waals surface area contributed by atoms with Crippen LogP contribution in [0.25, 0.3) is 0 Å². The third kappa shape index (κ3) is 2.74. The van der Waals surface area contributed by atoms with E-state index >= 15 is 0 Å². The molecule has 26 heavy (non-hydrogen) atoms. The fourth-order valence-corrected chi connectivity index (χ4v) is 4.35. The summed E-state index contributed by atoms with van der Waals surface area (Å²) in [4.78, 5) is 39.3. The van der Waals surface area contributed by atoms with Gasteiger partial charge in [0.2, 0.25) is 17.7 Å². The second kappa shape index (κ2) is 6.22. The molecule has 2 fully saturated rings. The second-order valence-corrected chi connectivity index (χ2v) is 8.70. The lowest BCUT2D eigenvalue weighted by atomic mass is 9.62. The number of piperidine rings is 1. The van der Waals surface area contributed by atoms with E-state index in [0.29, 0.717) is 24.4 Å². The maximum absolute atomic E-state index is 13.0. The molecular formula is C21H28N2O3. The first-order valence-electron chi connectivity index (χ1n) is 9.33. The molecule has 5 nitrogen and oxygen atoms in total. The summed E-state index contributed by atoms with van der Waals surface area (Å²) in [7, 11) is 0. The Morgan fingerprint density at radius 3 is 2.38 bits per heavy atom. The normalized spacial score (nSPS) is 27.2. The standard InChI is InChI=1S/C21H28N2O3/c1-13(2)14-6-8-15(9-7-14)22-17(24)12-23-18(25)16-10-11-21(5,19(23)26)20(16,3)4/h6-9,13,16H,10-12H2,1-5H3,(H,22,24). The van der Waals surface area contributed by atoms with Crippen LogP contribution >= 0.6 is 0 Å². The zero-order chi connectivity index (χ0) is 19.3. The third-order valence-corrected chi connectivity index (χ3v) is 6.67. The highest BCUT2D eigenvalue weighted by Gasteiger charge is 2.64. The van der Waals surface area contributed by atoms with Gasteiger partial charge in [0.1, 0.15) is 6.54 Å². The van der Waals surface area contributed by atoms with Gasteiger partial charge in [0.05, 0.1) is 5.41 Å². The molecule has 1 aliphatic carbocycles. The van der Waals surface area contributed by atoms with E-state index in [9.17, 15) is 14.4 Å². The lowest BCUT2D eigenvalue weighted by Gasteiger charge is -2.47. The quantitative estimate of drug-likeness (QED) is 0.839. The van der Waals surface area contributed by atoms with Crippen molar-refractivity contribution in [3.8, 4) is 0 Å². The summed E-state index contributed by atoms with van der Waals surface area (Å²) in [5.41, 5.74) is 0.924. The van der Waals surface area contributed by atoms with Gasteiger partial charge in [0, 0.05) is 11.6 Å². The third-order valence-electron chi connectivity index (χ3n) is 6.67. The summed E-state index contributed by atoms with van der Waals surface area (Å²) in [5.74, 6) is -0.537. The van der Waals surface area contributed by atoms with Crippen molar-refractivity contribution in [2.45, 2.75) is 53.4 Å². The highest BCUT2D eigenvalue weighted by atomic mass is 16.2. The Labute approximate surface area is 155 Å². The van der Waals surface area contributed by atoms with Crippen LogP contribution in [0.5, 0.6) is 0 Å². The number of likely N-dealkylation sites (tertiary alicyclic amines) is 1. The second-order valence-electron chi connectivity index (χ2n) is 8.70. The van der Waals surface area contributed by atoms with Gasteiger partial charge in [0.15, 0.2) is 0 Å². The molecule has 0 aromatic heterocycles. The van der Waals surface area contributed by atoms with Crippen LogP contribution in [0.4, 0.5) is 5.69 Å². The van der Waals surface area contributed by atoms with Crippen molar-refractivity contribution in [3.63, 3.8) is 0 Å². The molecule has 1 N–H and O–H groups in total. The van der Waals surface area contributed by atoms with Gasteiger partial charge in [-0.1, -0.05) is 46.8 Å². The van der Waals surface area contributed by atoms with E-state index in [2.05, 4.69) is 19.2 Å². The molecule has 1 aliphatic heterocycles. The first kappa shape index (κ1) is 18.6. The van der Waals surface area contributed by atoms with E-state index in [1.54, 1.807) is 0 Å². The predicted molar refractivity (Wildman–Crippen MR) is 100 cm³/mol. The van der Waals surface area contributed by atoms with Gasteiger partial charge < -0.3 is 5.32 Å². The van der Waals surface area contributed by atoms with Crippen molar-refractivity contribution in [2.24, 2.45) is 16.7 Å². The van der Waals surface area contributed by atoms with Gasteiger partial charge in [-0.05, 0) is 41.9 Å². The van der Waals surface area contributed by atoms with Gasteiger partial charge in [0.25, 0.3) is 0 Å². The SMILES string of the molecule is CC(C)c1ccc(NC(=O)CN2C(=O)C3CCC(C)(C2=O)C3(C)C)cc1. The average molecular weight is 356 g/mol. The molecule has 3 amide bonds. The van der Waals surface area contributed by atoms with Crippen LogP contribution in [-0.2, 0) is 14.4 Å². The zero-order valence-corrected chi connectivity index (χ0v) is 16.3. The minimum atomic E-state index is -0.579. The van der Waals surface area contributed by atoms with E-state index in [1.165, 1.54) is 10.5 Å². The number of benzene rings is 1. The van der Waals surface area contributed by atoms with Crippen LogP contribution in [0.3, 0.4) is 0 Å². The number of carbonyl (C=O) groups is 3. The van der Waals surface area contributed by atoms with Crippen molar-refractivity contribution >= 4 is 23.4 Å². The largest absolute Gasteiger partial charge is 0.325 e.